The van der Waals surface area contributed by atoms with Crippen molar-refractivity contribution in [1.29, 1.82) is 0 Å². The number of aryl methyl sites for hydroxylation is 1. The first-order valence-corrected chi connectivity index (χ1v) is 9.37. The molecule has 3 N–H and O–H groups in total. The third-order valence-electron chi connectivity index (χ3n) is 5.44. The van der Waals surface area contributed by atoms with Gasteiger partial charge in [0.25, 0.3) is 0 Å². The van der Waals surface area contributed by atoms with Crippen molar-refractivity contribution in [2.75, 3.05) is 25.0 Å². The summed E-state index contributed by atoms with van der Waals surface area (Å²) in [5.41, 5.74) is 2.83. The highest BCUT2D eigenvalue weighted by atomic mass is 16.2. The monoisotopic (exact) mass is 355 g/mol. The van der Waals surface area contributed by atoms with E-state index in [-0.39, 0.29) is 17.7 Å². The molecule has 0 spiro atoms. The Bertz CT molecular complexity index is 838. The highest BCUT2D eigenvalue weighted by molar-refractivity contribution is 6.02. The molecule has 2 aromatic rings. The number of hydrogen-bond acceptors (Lipinski definition) is 5. The lowest BCUT2D eigenvalue weighted by molar-refractivity contribution is -0.134. The Morgan fingerprint density at radius 2 is 2.19 bits per heavy atom. The largest absolute Gasteiger partial charge is 0.385 e. The lowest BCUT2D eigenvalue weighted by Gasteiger charge is -2.23. The van der Waals surface area contributed by atoms with Gasteiger partial charge in [0.05, 0.1) is 17.1 Å². The highest BCUT2D eigenvalue weighted by Gasteiger charge is 2.31. The Kier molecular flexibility index (Phi) is 4.63. The van der Waals surface area contributed by atoms with E-state index in [4.69, 9.17) is 0 Å². The Labute approximate surface area is 152 Å². The van der Waals surface area contributed by atoms with Gasteiger partial charge in [-0.25, -0.2) is 0 Å². The minimum absolute atomic E-state index is 0.199. The van der Waals surface area contributed by atoms with Gasteiger partial charge in [-0.2, -0.15) is 5.10 Å². The molecule has 0 bridgehead atoms. The Morgan fingerprint density at radius 3 is 2.96 bits per heavy atom. The number of carbonyl (C=O) groups is 2. The summed E-state index contributed by atoms with van der Waals surface area (Å²) in [5.74, 6) is -0.142. The number of nitrogens with zero attached hydrogens (tertiary/aromatic N) is 2. The first-order valence-electron chi connectivity index (χ1n) is 9.37. The van der Waals surface area contributed by atoms with Crippen LogP contribution in [0, 0.1) is 5.92 Å². The average Bonchev–Trinajstić information content (AvgIpc) is 2.97. The fraction of sp³-hybridized carbons (Fsp3) is 0.526. The fourth-order valence-electron chi connectivity index (χ4n) is 3.97. The Hall–Kier alpha value is -2.41. The molecule has 0 saturated carbocycles. The number of benzene rings is 1. The summed E-state index contributed by atoms with van der Waals surface area (Å²) in [6, 6.07) is 6.17. The summed E-state index contributed by atoms with van der Waals surface area (Å²) in [6.45, 7) is 3.15. The summed E-state index contributed by atoms with van der Waals surface area (Å²) in [5, 5.41) is 15.0. The van der Waals surface area contributed by atoms with E-state index in [1.165, 1.54) is 12.8 Å². The zero-order valence-corrected chi connectivity index (χ0v) is 15.0. The van der Waals surface area contributed by atoms with Crippen LogP contribution in [0.5, 0.6) is 0 Å². The summed E-state index contributed by atoms with van der Waals surface area (Å²) in [6.07, 6.45) is 3.38. The van der Waals surface area contributed by atoms with E-state index in [0.29, 0.717) is 18.8 Å². The first-order chi connectivity index (χ1) is 12.6. The molecule has 2 fully saturated rings. The summed E-state index contributed by atoms with van der Waals surface area (Å²) < 4.78 is 1.82. The maximum absolute atomic E-state index is 12.2. The van der Waals surface area contributed by atoms with Crippen molar-refractivity contribution in [1.82, 2.24) is 20.4 Å². The molecule has 0 radical (unpaired) electrons. The third kappa shape index (κ3) is 3.31. The molecular formula is C19H25N5O2. The molecule has 1 aromatic heterocycles. The smallest absolute Gasteiger partial charge is 0.235 e. The van der Waals surface area contributed by atoms with Crippen molar-refractivity contribution in [3.05, 3.63) is 23.9 Å². The number of hydrogen-bond donors (Lipinski definition) is 3. The minimum atomic E-state index is -0.358. The molecule has 138 valence electrons. The molecule has 7 heteroatoms. The maximum Gasteiger partial charge on any atom is 0.235 e. The van der Waals surface area contributed by atoms with E-state index in [1.54, 1.807) is 0 Å². The lowest BCUT2D eigenvalue weighted by atomic mass is 9.93. The van der Waals surface area contributed by atoms with Crippen molar-refractivity contribution >= 4 is 28.4 Å². The van der Waals surface area contributed by atoms with Crippen LogP contribution in [0.4, 0.5) is 5.69 Å². The van der Waals surface area contributed by atoms with E-state index < -0.39 is 0 Å². The van der Waals surface area contributed by atoms with Crippen molar-refractivity contribution in [3.8, 4) is 0 Å². The number of piperidine rings is 2. The zero-order chi connectivity index (χ0) is 18.1. The van der Waals surface area contributed by atoms with Gasteiger partial charge in [0.1, 0.15) is 0 Å². The van der Waals surface area contributed by atoms with Crippen molar-refractivity contribution in [3.63, 3.8) is 0 Å². The van der Waals surface area contributed by atoms with Gasteiger partial charge in [-0.1, -0.05) is 0 Å². The molecule has 3 heterocycles. The van der Waals surface area contributed by atoms with Gasteiger partial charge in [0.2, 0.25) is 11.8 Å². The summed E-state index contributed by atoms with van der Waals surface area (Å²) >= 11 is 0. The number of imide groups is 1. The van der Waals surface area contributed by atoms with Gasteiger partial charge in [-0.3, -0.25) is 19.6 Å². The van der Waals surface area contributed by atoms with Crippen molar-refractivity contribution < 1.29 is 9.59 Å². The maximum atomic E-state index is 12.2. The molecule has 26 heavy (non-hydrogen) atoms. The van der Waals surface area contributed by atoms with Crippen LogP contribution in [0.15, 0.2) is 18.2 Å². The minimum Gasteiger partial charge on any atom is -0.385 e. The van der Waals surface area contributed by atoms with Gasteiger partial charge < -0.3 is 10.6 Å². The number of fused-ring (bicyclic) bond motifs is 1. The SMILES string of the molecule is Cn1nc(C2CCC(=O)NC2=O)c2ccc(NC[C@H]3CCCNC3)cc21. The number of carbonyl (C=O) groups excluding carboxylic acids is 2. The molecule has 2 amide bonds. The van der Waals surface area contributed by atoms with Crippen LogP contribution in [0.2, 0.25) is 0 Å². The number of anilines is 1. The van der Waals surface area contributed by atoms with Gasteiger partial charge >= 0.3 is 0 Å². The van der Waals surface area contributed by atoms with Gasteiger partial charge in [0, 0.05) is 31.1 Å². The zero-order valence-electron chi connectivity index (χ0n) is 15.0. The summed E-state index contributed by atoms with van der Waals surface area (Å²) in [7, 11) is 1.90. The molecule has 2 saturated heterocycles. The second kappa shape index (κ2) is 7.07. The second-order valence-electron chi connectivity index (χ2n) is 7.34. The Morgan fingerprint density at radius 1 is 1.31 bits per heavy atom. The summed E-state index contributed by atoms with van der Waals surface area (Å²) in [4.78, 5) is 23.6. The molecule has 1 aromatic carbocycles. The molecule has 2 aliphatic heterocycles. The first kappa shape index (κ1) is 17.0. The molecular weight excluding hydrogens is 330 g/mol. The fourth-order valence-corrected chi connectivity index (χ4v) is 3.97. The Balaban J connectivity index is 1.54. The predicted octanol–water partition coefficient (Wildman–Crippen LogP) is 1.50. The standard InChI is InChI=1S/C19H25N5O2/c1-24-16-9-13(21-11-12-3-2-8-20-10-12)4-5-14(16)18(23-24)15-6-7-17(25)22-19(15)26/h4-5,9,12,15,20-21H,2-3,6-8,10-11H2,1H3,(H,22,25,26)/t12-,15?/m0/s1. The molecule has 7 nitrogen and oxygen atoms in total. The number of amides is 2. The van der Waals surface area contributed by atoms with Crippen LogP contribution in [-0.2, 0) is 16.6 Å². The quantitative estimate of drug-likeness (QED) is 0.724. The van der Waals surface area contributed by atoms with Crippen molar-refractivity contribution in [2.24, 2.45) is 13.0 Å². The van der Waals surface area contributed by atoms with E-state index in [0.717, 1.165) is 41.9 Å². The number of rotatable bonds is 4. The van der Waals surface area contributed by atoms with E-state index >= 15 is 0 Å². The van der Waals surface area contributed by atoms with E-state index in [9.17, 15) is 9.59 Å². The van der Waals surface area contributed by atoms with Crippen LogP contribution >= 0.6 is 0 Å². The molecule has 0 aliphatic carbocycles. The second-order valence-corrected chi connectivity index (χ2v) is 7.34. The predicted molar refractivity (Wildman–Crippen MR) is 99.9 cm³/mol. The van der Waals surface area contributed by atoms with E-state index in [1.807, 2.05) is 17.8 Å². The third-order valence-corrected chi connectivity index (χ3v) is 5.44. The molecule has 2 aliphatic rings. The van der Waals surface area contributed by atoms with Crippen LogP contribution in [0.3, 0.4) is 0 Å². The van der Waals surface area contributed by atoms with Gasteiger partial charge in [0.15, 0.2) is 0 Å². The average molecular weight is 355 g/mol. The number of aromatic nitrogens is 2. The lowest BCUT2D eigenvalue weighted by Crippen LogP contribution is -2.39. The van der Waals surface area contributed by atoms with Gasteiger partial charge in [-0.15, -0.1) is 0 Å². The van der Waals surface area contributed by atoms with Crippen molar-refractivity contribution in [2.45, 2.75) is 31.6 Å². The van der Waals surface area contributed by atoms with Crippen LogP contribution in [0.25, 0.3) is 10.9 Å². The normalized spacial score (nSPS) is 23.9. The van der Waals surface area contributed by atoms with Crippen LogP contribution in [-0.4, -0.2) is 41.2 Å². The van der Waals surface area contributed by atoms with Gasteiger partial charge in [-0.05, 0) is 56.5 Å². The highest BCUT2D eigenvalue weighted by Crippen LogP contribution is 2.31. The molecule has 1 unspecified atom stereocenters. The molecule has 2 atom stereocenters. The topological polar surface area (TPSA) is 88.0 Å². The van der Waals surface area contributed by atoms with Crippen LogP contribution < -0.4 is 16.0 Å². The molecule has 4 rings (SSSR count). The van der Waals surface area contributed by atoms with Crippen LogP contribution in [0.1, 0.15) is 37.3 Å². The number of nitrogens with one attached hydrogen (secondary N) is 3. The van der Waals surface area contributed by atoms with E-state index in [2.05, 4.69) is 33.2 Å².